The number of anilines is 1. The summed E-state index contributed by atoms with van der Waals surface area (Å²) in [5, 5.41) is 12.0. The number of benzene rings is 2. The van der Waals surface area contributed by atoms with Gasteiger partial charge in [-0.1, -0.05) is 30.3 Å². The molecule has 2 saturated heterocycles. The fourth-order valence-electron chi connectivity index (χ4n) is 6.11. The topological polar surface area (TPSA) is 98.5 Å². The number of rotatable bonds is 7. The highest BCUT2D eigenvalue weighted by molar-refractivity contribution is 6.36. The Balaban J connectivity index is 1.45. The molecule has 0 aliphatic carbocycles. The Labute approximate surface area is 254 Å². The van der Waals surface area contributed by atoms with Gasteiger partial charge in [0.25, 0.3) is 0 Å². The second-order valence-corrected chi connectivity index (χ2v) is 11.4. The Kier molecular flexibility index (Phi) is 8.10. The molecule has 2 aromatic heterocycles. The zero-order chi connectivity index (χ0) is 30.1. The fourth-order valence-corrected chi connectivity index (χ4v) is 6.40. The molecule has 0 bridgehead atoms. The second kappa shape index (κ2) is 12.1. The van der Waals surface area contributed by atoms with Gasteiger partial charge in [-0.2, -0.15) is 15.2 Å². The summed E-state index contributed by atoms with van der Waals surface area (Å²) in [6.45, 7) is 6.19. The van der Waals surface area contributed by atoms with E-state index >= 15 is 4.39 Å². The van der Waals surface area contributed by atoms with Crippen LogP contribution in [0.1, 0.15) is 19.3 Å². The molecule has 11 heteroatoms. The van der Waals surface area contributed by atoms with Crippen LogP contribution in [-0.4, -0.2) is 82.6 Å². The zero-order valence-electron chi connectivity index (χ0n) is 23.8. The van der Waals surface area contributed by atoms with E-state index in [9.17, 15) is 10.1 Å². The molecule has 6 rings (SSSR count). The lowest BCUT2D eigenvalue weighted by molar-refractivity contribution is -0.128. The van der Waals surface area contributed by atoms with Crippen molar-refractivity contribution in [2.75, 3.05) is 44.7 Å². The average Bonchev–Trinajstić information content (AvgIpc) is 3.43. The molecule has 4 heterocycles. The van der Waals surface area contributed by atoms with Crippen molar-refractivity contribution in [1.82, 2.24) is 24.8 Å². The minimum absolute atomic E-state index is 0.143. The molecule has 0 radical (unpaired) electrons. The van der Waals surface area contributed by atoms with Crippen LogP contribution in [-0.2, 0) is 4.79 Å². The highest BCUT2D eigenvalue weighted by atomic mass is 35.5. The second-order valence-electron chi connectivity index (χ2n) is 11.0. The predicted octanol–water partition coefficient (Wildman–Crippen LogP) is 5.23. The minimum atomic E-state index is -0.470. The summed E-state index contributed by atoms with van der Waals surface area (Å²) in [6, 6.07) is 10.9. The van der Waals surface area contributed by atoms with Crippen molar-refractivity contribution in [3.05, 3.63) is 66.2 Å². The van der Waals surface area contributed by atoms with Gasteiger partial charge >= 0.3 is 6.01 Å². The molecule has 2 aliphatic rings. The number of carbonyl (C=O) groups excluding carboxylic acids is 1. The molecule has 1 amide bonds. The van der Waals surface area contributed by atoms with E-state index in [0.29, 0.717) is 64.5 Å². The van der Waals surface area contributed by atoms with E-state index in [2.05, 4.69) is 29.6 Å². The normalized spacial score (nSPS) is 19.1. The van der Waals surface area contributed by atoms with Crippen LogP contribution in [0.25, 0.3) is 32.8 Å². The van der Waals surface area contributed by atoms with Gasteiger partial charge in [0.1, 0.15) is 18.2 Å². The Morgan fingerprint density at radius 1 is 1.21 bits per heavy atom. The van der Waals surface area contributed by atoms with Crippen molar-refractivity contribution >= 4 is 45.0 Å². The Morgan fingerprint density at radius 2 is 2.07 bits per heavy atom. The summed E-state index contributed by atoms with van der Waals surface area (Å²) in [5.41, 5.74) is 1.37. The summed E-state index contributed by atoms with van der Waals surface area (Å²) in [6.07, 6.45) is 6.84. The van der Waals surface area contributed by atoms with Crippen LogP contribution in [0, 0.1) is 17.1 Å². The van der Waals surface area contributed by atoms with E-state index in [4.69, 9.17) is 26.3 Å². The van der Waals surface area contributed by atoms with Crippen LogP contribution in [0.4, 0.5) is 10.2 Å². The molecule has 0 unspecified atom stereocenters. The van der Waals surface area contributed by atoms with Gasteiger partial charge in [0.15, 0.2) is 0 Å². The van der Waals surface area contributed by atoms with Gasteiger partial charge in [0.2, 0.25) is 5.91 Å². The minimum Gasteiger partial charge on any atom is -0.462 e. The molecule has 0 N–H and O–H groups in total. The first-order chi connectivity index (χ1) is 20.9. The lowest BCUT2D eigenvalue weighted by Gasteiger charge is -2.41. The maximum atomic E-state index is 16.0. The fraction of sp³-hybridized carbons (Fsp3) is 0.344. The number of fused-ring (bicyclic) bond motifs is 2. The molecule has 2 atom stereocenters. The van der Waals surface area contributed by atoms with Crippen LogP contribution in [0.5, 0.6) is 6.01 Å². The lowest BCUT2D eigenvalue weighted by atomic mass is 9.99. The third-order valence-electron chi connectivity index (χ3n) is 8.41. The number of pyridine rings is 1. The Morgan fingerprint density at radius 3 is 2.84 bits per heavy atom. The van der Waals surface area contributed by atoms with Crippen molar-refractivity contribution < 1.29 is 13.9 Å². The number of likely N-dealkylation sites (tertiary alicyclic amines) is 1. The molecule has 43 heavy (non-hydrogen) atoms. The van der Waals surface area contributed by atoms with E-state index in [0.717, 1.165) is 24.8 Å². The molecule has 4 aromatic rings. The van der Waals surface area contributed by atoms with Gasteiger partial charge < -0.3 is 19.4 Å². The lowest BCUT2D eigenvalue weighted by Crippen LogP contribution is -2.55. The molecule has 0 spiro atoms. The highest BCUT2D eigenvalue weighted by Gasteiger charge is 2.32. The number of piperazine rings is 1. The molecule has 0 saturated carbocycles. The van der Waals surface area contributed by atoms with E-state index in [-0.39, 0.29) is 30.4 Å². The smallest absolute Gasteiger partial charge is 0.319 e. The SMILES string of the molecule is C=CC(=O)N1CCN(c2nc(OC[C@@H]3CCCN3C)nc3cc(-c4cncc5cccc(Cl)c45)c(F)cc23)C[C@@H]1CC#N. The first-order valence-corrected chi connectivity index (χ1v) is 14.7. The van der Waals surface area contributed by atoms with Crippen LogP contribution in [0.15, 0.2) is 55.4 Å². The number of nitrogens with zero attached hydrogens (tertiary/aromatic N) is 7. The quantitative estimate of drug-likeness (QED) is 0.267. The van der Waals surface area contributed by atoms with Gasteiger partial charge in [0, 0.05) is 70.4 Å². The zero-order valence-corrected chi connectivity index (χ0v) is 24.6. The van der Waals surface area contributed by atoms with Crippen molar-refractivity contribution in [1.29, 1.82) is 5.26 Å². The van der Waals surface area contributed by atoms with Crippen molar-refractivity contribution in [2.24, 2.45) is 0 Å². The summed E-state index contributed by atoms with van der Waals surface area (Å²) in [7, 11) is 2.07. The number of likely N-dealkylation sites (N-methyl/N-ethyl adjacent to an activating group) is 1. The monoisotopic (exact) mass is 599 g/mol. The Bertz CT molecular complexity index is 1750. The molecular formula is C32H31ClFN7O2. The van der Waals surface area contributed by atoms with Crippen LogP contribution in [0.3, 0.4) is 0 Å². The standard InChI is InChI=1S/C32H31ClFN7O2/c1-3-29(42)41-13-12-40(18-21(41)9-10-35)31-24-14-27(34)23(25-17-36-16-20-6-4-8-26(33)30(20)25)15-28(24)37-32(38-31)43-19-22-7-5-11-39(22)2/h3-4,6,8,14-17,21-22H,1,5,7,9,11-13,18-19H2,2H3/t21-,22-/m0/s1. The van der Waals surface area contributed by atoms with E-state index in [1.54, 1.807) is 29.4 Å². The van der Waals surface area contributed by atoms with Gasteiger partial charge in [-0.25, -0.2) is 4.39 Å². The first-order valence-electron chi connectivity index (χ1n) is 14.3. The van der Waals surface area contributed by atoms with E-state index < -0.39 is 5.82 Å². The number of nitriles is 1. The number of halogens is 2. The molecule has 220 valence electrons. The maximum Gasteiger partial charge on any atom is 0.319 e. The van der Waals surface area contributed by atoms with Gasteiger partial charge in [-0.05, 0) is 50.7 Å². The third kappa shape index (κ3) is 5.58. The highest BCUT2D eigenvalue weighted by Crippen LogP contribution is 2.38. The molecular weight excluding hydrogens is 569 g/mol. The number of hydrogen-bond donors (Lipinski definition) is 0. The largest absolute Gasteiger partial charge is 0.462 e. The number of hydrogen-bond acceptors (Lipinski definition) is 8. The number of ether oxygens (including phenoxy) is 1. The number of aromatic nitrogens is 3. The maximum absolute atomic E-state index is 16.0. The summed E-state index contributed by atoms with van der Waals surface area (Å²) in [4.78, 5) is 32.2. The van der Waals surface area contributed by atoms with Crippen molar-refractivity contribution in [2.45, 2.75) is 31.3 Å². The number of carbonyl (C=O) groups is 1. The summed E-state index contributed by atoms with van der Waals surface area (Å²) >= 11 is 6.57. The molecule has 9 nitrogen and oxygen atoms in total. The molecule has 2 aromatic carbocycles. The van der Waals surface area contributed by atoms with Crippen LogP contribution < -0.4 is 9.64 Å². The van der Waals surface area contributed by atoms with E-state index in [1.165, 1.54) is 12.1 Å². The van der Waals surface area contributed by atoms with Crippen LogP contribution in [0.2, 0.25) is 5.02 Å². The van der Waals surface area contributed by atoms with Crippen molar-refractivity contribution in [3.8, 4) is 23.2 Å². The number of amides is 1. The summed E-state index contributed by atoms with van der Waals surface area (Å²) < 4.78 is 22.2. The molecule has 2 fully saturated rings. The van der Waals surface area contributed by atoms with Crippen molar-refractivity contribution in [3.63, 3.8) is 0 Å². The molecule has 2 aliphatic heterocycles. The van der Waals surface area contributed by atoms with E-state index in [1.807, 2.05) is 17.0 Å². The Hall–Kier alpha value is -4.33. The average molecular weight is 600 g/mol. The van der Waals surface area contributed by atoms with Gasteiger partial charge in [0.05, 0.1) is 24.0 Å². The van der Waals surface area contributed by atoms with Crippen LogP contribution >= 0.6 is 11.6 Å². The third-order valence-corrected chi connectivity index (χ3v) is 8.72. The van der Waals surface area contributed by atoms with Gasteiger partial charge in [-0.3, -0.25) is 9.78 Å². The van der Waals surface area contributed by atoms with Gasteiger partial charge in [-0.15, -0.1) is 0 Å². The predicted molar refractivity (Wildman–Crippen MR) is 165 cm³/mol. The first kappa shape index (κ1) is 28.8. The summed E-state index contributed by atoms with van der Waals surface area (Å²) in [5.74, 6) is -0.204.